The van der Waals surface area contributed by atoms with Gasteiger partial charge in [-0.3, -0.25) is 0 Å². The van der Waals surface area contributed by atoms with Gasteiger partial charge in [-0.15, -0.1) is 0 Å². The molecule has 1 aromatic carbocycles. The first-order valence-corrected chi connectivity index (χ1v) is 10.9. The predicted molar refractivity (Wildman–Crippen MR) is 97.9 cm³/mol. The molecule has 0 aromatic heterocycles. The molecule has 0 saturated heterocycles. The second-order valence-electron chi connectivity index (χ2n) is 8.53. The summed E-state index contributed by atoms with van der Waals surface area (Å²) < 4.78 is 34.6. The van der Waals surface area contributed by atoms with Gasteiger partial charge in [0.1, 0.15) is 0 Å². The van der Waals surface area contributed by atoms with Gasteiger partial charge in [0, 0.05) is 13.7 Å². The Kier molecular flexibility index (Phi) is 4.25. The number of ether oxygens (including phenoxy) is 1. The van der Waals surface area contributed by atoms with Gasteiger partial charge in [0.25, 0.3) is 0 Å². The van der Waals surface area contributed by atoms with Crippen molar-refractivity contribution in [3.05, 3.63) is 29.3 Å². The van der Waals surface area contributed by atoms with Crippen LogP contribution in [0.15, 0.2) is 23.1 Å². The van der Waals surface area contributed by atoms with Gasteiger partial charge in [0.05, 0.1) is 10.5 Å². The van der Waals surface area contributed by atoms with Gasteiger partial charge in [-0.2, -0.15) is 0 Å². The maximum Gasteiger partial charge on any atom is 0.240 e. The van der Waals surface area contributed by atoms with E-state index in [0.717, 1.165) is 23.0 Å². The van der Waals surface area contributed by atoms with Gasteiger partial charge in [-0.1, -0.05) is 6.07 Å². The molecule has 0 heterocycles. The van der Waals surface area contributed by atoms with Crippen molar-refractivity contribution in [2.75, 3.05) is 13.7 Å². The van der Waals surface area contributed by atoms with Crippen LogP contribution in [0.2, 0.25) is 0 Å². The summed E-state index contributed by atoms with van der Waals surface area (Å²) in [5.41, 5.74) is 1.78. The first-order chi connectivity index (χ1) is 11.8. The molecule has 0 aliphatic heterocycles. The predicted octanol–water partition coefficient (Wildman–Crippen LogP) is 3.42. The molecule has 0 atom stereocenters. The summed E-state index contributed by atoms with van der Waals surface area (Å²) in [7, 11) is -1.74. The summed E-state index contributed by atoms with van der Waals surface area (Å²) in [6.45, 7) is 4.34. The second kappa shape index (κ2) is 6.07. The SMILES string of the molecule is COC1(CNS(=O)(=O)c2ccc(C)c(C)c2)C2CC3CC(C2)CC1C3. The zero-order chi connectivity index (χ0) is 17.8. The fourth-order valence-corrected chi connectivity index (χ4v) is 7.01. The molecule has 0 radical (unpaired) electrons. The van der Waals surface area contributed by atoms with Crippen molar-refractivity contribution < 1.29 is 13.2 Å². The molecule has 4 aliphatic carbocycles. The van der Waals surface area contributed by atoms with Crippen LogP contribution in [0.4, 0.5) is 0 Å². The molecule has 4 fully saturated rings. The lowest BCUT2D eigenvalue weighted by atomic mass is 9.50. The topological polar surface area (TPSA) is 55.4 Å². The van der Waals surface area contributed by atoms with Gasteiger partial charge in [-0.25, -0.2) is 13.1 Å². The number of hydrogen-bond acceptors (Lipinski definition) is 3. The van der Waals surface area contributed by atoms with E-state index in [1.165, 1.54) is 32.1 Å². The van der Waals surface area contributed by atoms with E-state index in [-0.39, 0.29) is 5.60 Å². The molecule has 4 saturated carbocycles. The van der Waals surface area contributed by atoms with E-state index < -0.39 is 10.0 Å². The Labute approximate surface area is 151 Å². The number of sulfonamides is 1. The third-order valence-electron chi connectivity index (χ3n) is 7.23. The molecule has 1 N–H and O–H groups in total. The van der Waals surface area contributed by atoms with Gasteiger partial charge in [0.15, 0.2) is 0 Å². The second-order valence-corrected chi connectivity index (χ2v) is 10.3. The number of benzene rings is 1. The zero-order valence-corrected chi connectivity index (χ0v) is 16.2. The summed E-state index contributed by atoms with van der Waals surface area (Å²) >= 11 is 0. The molecule has 5 heteroatoms. The molecular weight excluding hydrogens is 334 g/mol. The van der Waals surface area contributed by atoms with Crippen LogP contribution in [-0.2, 0) is 14.8 Å². The molecule has 5 rings (SSSR count). The quantitative estimate of drug-likeness (QED) is 0.872. The molecule has 4 aliphatic rings. The Morgan fingerprint density at radius 1 is 1.04 bits per heavy atom. The first kappa shape index (κ1) is 17.5. The fraction of sp³-hybridized carbons (Fsp3) is 0.700. The van der Waals surface area contributed by atoms with Crippen molar-refractivity contribution in [1.29, 1.82) is 0 Å². The average molecular weight is 364 g/mol. The zero-order valence-electron chi connectivity index (χ0n) is 15.4. The Balaban J connectivity index is 1.55. The van der Waals surface area contributed by atoms with E-state index >= 15 is 0 Å². The normalized spacial score (nSPS) is 36.8. The molecule has 0 unspecified atom stereocenters. The molecule has 138 valence electrons. The smallest absolute Gasteiger partial charge is 0.240 e. The van der Waals surface area contributed by atoms with Crippen LogP contribution in [-0.4, -0.2) is 27.7 Å². The number of aryl methyl sites for hydroxylation is 2. The summed E-state index contributed by atoms with van der Waals surface area (Å²) in [4.78, 5) is 0.352. The first-order valence-electron chi connectivity index (χ1n) is 9.46. The van der Waals surface area contributed by atoms with Crippen molar-refractivity contribution in [3.63, 3.8) is 0 Å². The van der Waals surface area contributed by atoms with Crippen molar-refractivity contribution in [2.24, 2.45) is 23.7 Å². The van der Waals surface area contributed by atoms with Crippen molar-refractivity contribution in [3.8, 4) is 0 Å². The minimum Gasteiger partial charge on any atom is -0.376 e. The largest absolute Gasteiger partial charge is 0.376 e. The lowest BCUT2D eigenvalue weighted by Gasteiger charge is -2.60. The summed E-state index contributed by atoms with van der Waals surface area (Å²) in [5.74, 6) is 2.66. The number of rotatable bonds is 5. The van der Waals surface area contributed by atoms with Crippen LogP contribution in [0.1, 0.15) is 43.2 Å². The standard InChI is InChI=1S/C20H29NO3S/c1-13-4-5-19(6-14(13)2)25(22,23)21-12-20(24-3)17-8-15-7-16(10-17)11-18(20)9-15/h4-6,15-18,21H,7-12H2,1-3H3. The highest BCUT2D eigenvalue weighted by atomic mass is 32.2. The summed E-state index contributed by atoms with van der Waals surface area (Å²) in [6.07, 6.45) is 6.18. The van der Waals surface area contributed by atoms with E-state index in [1.807, 2.05) is 19.9 Å². The lowest BCUT2D eigenvalue weighted by molar-refractivity contribution is -0.185. The van der Waals surface area contributed by atoms with E-state index in [0.29, 0.717) is 23.3 Å². The minimum absolute atomic E-state index is 0.319. The third-order valence-corrected chi connectivity index (χ3v) is 8.63. The Bertz CT molecular complexity index is 743. The summed E-state index contributed by atoms with van der Waals surface area (Å²) in [5, 5.41) is 0. The highest BCUT2D eigenvalue weighted by Crippen LogP contribution is 2.59. The monoisotopic (exact) mass is 363 g/mol. The van der Waals surface area contributed by atoms with Crippen LogP contribution < -0.4 is 4.72 Å². The molecule has 1 aromatic rings. The molecule has 4 bridgehead atoms. The Morgan fingerprint density at radius 2 is 1.64 bits per heavy atom. The van der Waals surface area contributed by atoms with Crippen LogP contribution in [0.5, 0.6) is 0 Å². The maximum absolute atomic E-state index is 12.8. The summed E-state index contributed by atoms with van der Waals surface area (Å²) in [6, 6.07) is 5.33. The minimum atomic E-state index is -3.51. The molecule has 0 amide bonds. The number of nitrogens with one attached hydrogen (secondary N) is 1. The molecule has 0 spiro atoms. The van der Waals surface area contributed by atoms with Gasteiger partial charge in [0.2, 0.25) is 10.0 Å². The number of methoxy groups -OCH3 is 1. The lowest BCUT2D eigenvalue weighted by Crippen LogP contribution is -2.63. The molecular formula is C20H29NO3S. The van der Waals surface area contributed by atoms with E-state index in [4.69, 9.17) is 4.74 Å². The average Bonchev–Trinajstić information content (AvgIpc) is 2.57. The highest BCUT2D eigenvalue weighted by Gasteiger charge is 2.57. The van der Waals surface area contributed by atoms with Crippen LogP contribution in [0, 0.1) is 37.5 Å². The van der Waals surface area contributed by atoms with E-state index in [9.17, 15) is 8.42 Å². The van der Waals surface area contributed by atoms with Gasteiger partial charge < -0.3 is 4.74 Å². The van der Waals surface area contributed by atoms with E-state index in [2.05, 4.69) is 4.72 Å². The van der Waals surface area contributed by atoms with Crippen LogP contribution >= 0.6 is 0 Å². The fourth-order valence-electron chi connectivity index (χ4n) is 5.85. The molecule has 4 nitrogen and oxygen atoms in total. The molecule has 25 heavy (non-hydrogen) atoms. The van der Waals surface area contributed by atoms with E-state index in [1.54, 1.807) is 19.2 Å². The van der Waals surface area contributed by atoms with Gasteiger partial charge in [-0.05, 0) is 92.9 Å². The third kappa shape index (κ3) is 2.84. The van der Waals surface area contributed by atoms with Crippen molar-refractivity contribution >= 4 is 10.0 Å². The number of hydrogen-bond donors (Lipinski definition) is 1. The van der Waals surface area contributed by atoms with Crippen molar-refractivity contribution in [2.45, 2.75) is 56.4 Å². The maximum atomic E-state index is 12.8. The highest BCUT2D eigenvalue weighted by molar-refractivity contribution is 7.89. The van der Waals surface area contributed by atoms with Crippen LogP contribution in [0.25, 0.3) is 0 Å². The van der Waals surface area contributed by atoms with Crippen molar-refractivity contribution in [1.82, 2.24) is 4.72 Å². The van der Waals surface area contributed by atoms with Gasteiger partial charge >= 0.3 is 0 Å². The Hall–Kier alpha value is -0.910. The van der Waals surface area contributed by atoms with Crippen LogP contribution in [0.3, 0.4) is 0 Å². The Morgan fingerprint density at radius 3 is 2.16 bits per heavy atom.